The Hall–Kier alpha value is -1.87. The summed E-state index contributed by atoms with van der Waals surface area (Å²) >= 11 is 0. The van der Waals surface area contributed by atoms with E-state index < -0.39 is 0 Å². The second kappa shape index (κ2) is 4.55. The highest BCUT2D eigenvalue weighted by Crippen LogP contribution is 2.27. The molecule has 88 valence electrons. The number of hydrogen-bond acceptors (Lipinski definition) is 2. The molecule has 0 spiro atoms. The van der Waals surface area contributed by atoms with Gasteiger partial charge in [0, 0.05) is 24.5 Å². The number of fused-ring (bicyclic) bond motifs is 1. The summed E-state index contributed by atoms with van der Waals surface area (Å²) in [6.07, 6.45) is 4.33. The van der Waals surface area contributed by atoms with E-state index in [-0.39, 0.29) is 11.9 Å². The summed E-state index contributed by atoms with van der Waals surface area (Å²) in [5, 5.41) is 1.04. The van der Waals surface area contributed by atoms with Crippen LogP contribution >= 0.6 is 0 Å². The van der Waals surface area contributed by atoms with Gasteiger partial charge >= 0.3 is 0 Å². The zero-order valence-electron chi connectivity index (χ0n) is 9.89. The Morgan fingerprint density at radius 1 is 1.53 bits per heavy atom. The minimum atomic E-state index is -0.113. The van der Waals surface area contributed by atoms with Gasteiger partial charge in [-0.1, -0.05) is 24.3 Å². The van der Waals surface area contributed by atoms with Gasteiger partial charge in [-0.05, 0) is 18.1 Å². The van der Waals surface area contributed by atoms with Crippen LogP contribution in [0.4, 0.5) is 0 Å². The van der Waals surface area contributed by atoms with Gasteiger partial charge in [-0.2, -0.15) is 0 Å². The van der Waals surface area contributed by atoms with Crippen LogP contribution in [0.2, 0.25) is 0 Å². The van der Waals surface area contributed by atoms with E-state index in [1.807, 2.05) is 30.5 Å². The maximum Gasteiger partial charge on any atom is 0.227 e. The summed E-state index contributed by atoms with van der Waals surface area (Å²) in [5.74, 6) is -0.00162. The van der Waals surface area contributed by atoms with Crippen molar-refractivity contribution in [2.24, 2.45) is 5.73 Å². The van der Waals surface area contributed by atoms with E-state index in [0.29, 0.717) is 6.42 Å². The van der Waals surface area contributed by atoms with Crippen molar-refractivity contribution in [1.29, 1.82) is 0 Å². The number of rotatable bonds is 3. The Morgan fingerprint density at radius 2 is 2.24 bits per heavy atom. The largest absolute Gasteiger partial charge is 0.324 e. The van der Waals surface area contributed by atoms with Gasteiger partial charge in [0.05, 0.1) is 5.52 Å². The highest BCUT2D eigenvalue weighted by molar-refractivity contribution is 5.93. The Morgan fingerprint density at radius 3 is 2.88 bits per heavy atom. The molecule has 2 rings (SSSR count). The highest BCUT2D eigenvalue weighted by atomic mass is 16.1. The number of nitrogens with two attached hydrogens (primary N) is 1. The predicted octanol–water partition coefficient (Wildman–Crippen LogP) is 2.88. The second-order valence-corrected chi connectivity index (χ2v) is 4.12. The maximum atomic E-state index is 11.6. The van der Waals surface area contributed by atoms with Crippen LogP contribution in [0, 0.1) is 0 Å². The van der Waals surface area contributed by atoms with Crippen LogP contribution in [0.25, 0.3) is 10.9 Å². The summed E-state index contributed by atoms with van der Waals surface area (Å²) in [6, 6.07) is 7.69. The molecule has 3 heteroatoms. The topological polar surface area (TPSA) is 48.0 Å². The molecule has 0 saturated heterocycles. The first kappa shape index (κ1) is 11.6. The number of benzene rings is 1. The lowest BCUT2D eigenvalue weighted by atomic mass is 10.0. The first-order chi connectivity index (χ1) is 8.15. The molecule has 1 atom stereocenters. The van der Waals surface area contributed by atoms with Crippen molar-refractivity contribution in [2.45, 2.75) is 19.4 Å². The fraction of sp³-hybridized carbons (Fsp3) is 0.214. The monoisotopic (exact) mass is 228 g/mol. The van der Waals surface area contributed by atoms with Crippen molar-refractivity contribution in [3.63, 3.8) is 0 Å². The molecule has 0 aliphatic rings. The third-order valence-electron chi connectivity index (χ3n) is 2.90. The van der Waals surface area contributed by atoms with E-state index in [0.717, 1.165) is 16.5 Å². The molecule has 1 aromatic heterocycles. The van der Waals surface area contributed by atoms with Gasteiger partial charge in [-0.3, -0.25) is 9.36 Å². The van der Waals surface area contributed by atoms with Gasteiger partial charge in [0.25, 0.3) is 0 Å². The van der Waals surface area contributed by atoms with E-state index in [1.165, 1.54) is 0 Å². The van der Waals surface area contributed by atoms with Crippen LogP contribution in [-0.4, -0.2) is 10.5 Å². The average Bonchev–Trinajstić information content (AvgIpc) is 2.69. The molecule has 3 nitrogen and oxygen atoms in total. The summed E-state index contributed by atoms with van der Waals surface area (Å²) < 4.78 is 1.65. The normalized spacial score (nSPS) is 12.6. The Kier molecular flexibility index (Phi) is 3.11. The van der Waals surface area contributed by atoms with Gasteiger partial charge in [-0.15, -0.1) is 6.58 Å². The fourth-order valence-corrected chi connectivity index (χ4v) is 2.07. The van der Waals surface area contributed by atoms with Crippen molar-refractivity contribution >= 4 is 16.8 Å². The van der Waals surface area contributed by atoms with E-state index in [2.05, 4.69) is 6.58 Å². The van der Waals surface area contributed by atoms with Crippen LogP contribution in [-0.2, 0) is 0 Å². The van der Waals surface area contributed by atoms with E-state index in [9.17, 15) is 4.79 Å². The fourth-order valence-electron chi connectivity index (χ4n) is 2.07. The van der Waals surface area contributed by atoms with Gasteiger partial charge in [-0.25, -0.2) is 0 Å². The summed E-state index contributed by atoms with van der Waals surface area (Å²) in [5.41, 5.74) is 8.00. The molecule has 2 aromatic rings. The van der Waals surface area contributed by atoms with Crippen LogP contribution in [0.3, 0.4) is 0 Å². The molecule has 0 unspecified atom stereocenters. The SMILES string of the molecule is C=CC[C@H](N)c1cn(C(C)=O)c2ccccc12. The molecular weight excluding hydrogens is 212 g/mol. The van der Waals surface area contributed by atoms with Crippen molar-refractivity contribution in [3.8, 4) is 0 Å². The van der Waals surface area contributed by atoms with Crippen molar-refractivity contribution in [3.05, 3.63) is 48.7 Å². The van der Waals surface area contributed by atoms with E-state index in [4.69, 9.17) is 5.73 Å². The highest BCUT2D eigenvalue weighted by Gasteiger charge is 2.14. The smallest absolute Gasteiger partial charge is 0.227 e. The minimum absolute atomic E-state index is 0.00162. The number of carbonyl (C=O) groups is 1. The molecular formula is C14H16N2O. The number of para-hydroxylation sites is 1. The van der Waals surface area contributed by atoms with Crippen molar-refractivity contribution in [1.82, 2.24) is 4.57 Å². The van der Waals surface area contributed by atoms with Gasteiger partial charge in [0.15, 0.2) is 0 Å². The molecule has 0 bridgehead atoms. The minimum Gasteiger partial charge on any atom is -0.324 e. The molecule has 0 fully saturated rings. The van der Waals surface area contributed by atoms with Gasteiger partial charge < -0.3 is 5.73 Å². The van der Waals surface area contributed by atoms with E-state index in [1.54, 1.807) is 17.6 Å². The molecule has 0 amide bonds. The summed E-state index contributed by atoms with van der Waals surface area (Å²) in [7, 11) is 0. The lowest BCUT2D eigenvalue weighted by molar-refractivity contribution is 0.0941. The number of nitrogens with zero attached hydrogens (tertiary/aromatic N) is 1. The first-order valence-electron chi connectivity index (χ1n) is 5.62. The zero-order valence-corrected chi connectivity index (χ0v) is 9.89. The van der Waals surface area contributed by atoms with E-state index >= 15 is 0 Å². The Bertz CT molecular complexity index is 569. The van der Waals surface area contributed by atoms with Crippen molar-refractivity contribution in [2.75, 3.05) is 0 Å². The quantitative estimate of drug-likeness (QED) is 0.821. The molecule has 2 N–H and O–H groups in total. The molecule has 0 aliphatic heterocycles. The average molecular weight is 228 g/mol. The van der Waals surface area contributed by atoms with Crippen LogP contribution in [0.1, 0.15) is 29.7 Å². The standard InChI is InChI=1S/C14H16N2O/c1-3-6-13(15)12-9-16(10(2)17)14-8-5-4-7-11(12)14/h3-5,7-9,13H,1,6,15H2,2H3/t13-/m0/s1. The van der Waals surface area contributed by atoms with Gasteiger partial charge in [0.2, 0.25) is 5.91 Å². The third-order valence-corrected chi connectivity index (χ3v) is 2.90. The second-order valence-electron chi connectivity index (χ2n) is 4.12. The molecule has 1 heterocycles. The molecule has 0 saturated carbocycles. The lowest BCUT2D eigenvalue weighted by Crippen LogP contribution is -2.09. The van der Waals surface area contributed by atoms with Crippen molar-refractivity contribution < 1.29 is 4.79 Å². The Labute approximate surface area is 101 Å². The van der Waals surface area contributed by atoms with Gasteiger partial charge in [0.1, 0.15) is 0 Å². The molecule has 17 heavy (non-hydrogen) atoms. The maximum absolute atomic E-state index is 11.6. The van der Waals surface area contributed by atoms with Crippen LogP contribution in [0.5, 0.6) is 0 Å². The predicted molar refractivity (Wildman–Crippen MR) is 70.0 cm³/mol. The molecule has 0 aliphatic carbocycles. The van der Waals surface area contributed by atoms with Crippen LogP contribution in [0.15, 0.2) is 43.1 Å². The zero-order chi connectivity index (χ0) is 12.4. The molecule has 1 aromatic carbocycles. The summed E-state index contributed by atoms with van der Waals surface area (Å²) in [6.45, 7) is 5.25. The number of aromatic nitrogens is 1. The number of hydrogen-bond donors (Lipinski definition) is 1. The third kappa shape index (κ3) is 2.01. The lowest BCUT2D eigenvalue weighted by Gasteiger charge is -2.06. The number of carbonyl (C=O) groups excluding carboxylic acids is 1. The Balaban J connectivity index is 2.64. The molecule has 0 radical (unpaired) electrons. The summed E-state index contributed by atoms with van der Waals surface area (Å²) in [4.78, 5) is 11.6. The van der Waals surface area contributed by atoms with Crippen LogP contribution < -0.4 is 5.73 Å². The first-order valence-corrected chi connectivity index (χ1v) is 5.62.